The van der Waals surface area contributed by atoms with Gasteiger partial charge in [-0.1, -0.05) is 6.92 Å². The van der Waals surface area contributed by atoms with Crippen molar-refractivity contribution in [3.05, 3.63) is 0 Å². The minimum Gasteiger partial charge on any atom is -0.481 e. The van der Waals surface area contributed by atoms with Crippen LogP contribution in [0, 0.1) is 0 Å². The van der Waals surface area contributed by atoms with Gasteiger partial charge in [0, 0.05) is 34.3 Å². The molecule has 2 N–H and O–H groups in total. The second-order valence-corrected chi connectivity index (χ2v) is 6.06. The fourth-order valence-corrected chi connectivity index (χ4v) is 2.38. The summed E-state index contributed by atoms with van der Waals surface area (Å²) in [6, 6.07) is 0.317. The van der Waals surface area contributed by atoms with Crippen LogP contribution in [0.3, 0.4) is 0 Å². The first-order chi connectivity index (χ1) is 7.49. The zero-order valence-electron chi connectivity index (χ0n) is 9.27. The molecule has 0 radical (unpaired) electrons. The van der Waals surface area contributed by atoms with E-state index >= 15 is 0 Å². The van der Waals surface area contributed by atoms with Crippen molar-refractivity contribution in [3.8, 4) is 0 Å². The number of carboxylic acids is 1. The van der Waals surface area contributed by atoms with E-state index in [1.54, 1.807) is 6.92 Å². The molecule has 1 saturated carbocycles. The number of aliphatic carboxylic acids is 1. The van der Waals surface area contributed by atoms with Gasteiger partial charge in [-0.05, 0) is 12.8 Å². The molecule has 0 heterocycles. The van der Waals surface area contributed by atoms with Crippen molar-refractivity contribution in [1.29, 1.82) is 0 Å². The lowest BCUT2D eigenvalue weighted by atomic mass is 10.3. The molecule has 1 amide bonds. The highest BCUT2D eigenvalue weighted by atomic mass is 32.2. The Balaban J connectivity index is 2.17. The summed E-state index contributed by atoms with van der Waals surface area (Å²) in [5.74, 6) is -0.797. The molecule has 92 valence electrons. The van der Waals surface area contributed by atoms with Crippen LogP contribution in [-0.4, -0.2) is 38.2 Å². The molecule has 0 aromatic carbocycles. The smallest absolute Gasteiger partial charge is 0.304 e. The summed E-state index contributed by atoms with van der Waals surface area (Å²) >= 11 is 0. The van der Waals surface area contributed by atoms with Gasteiger partial charge in [-0.2, -0.15) is 0 Å². The van der Waals surface area contributed by atoms with Gasteiger partial charge in [0.2, 0.25) is 5.91 Å². The number of carboxylic acid groups (broad SMARTS) is 1. The maximum atomic E-state index is 11.6. The van der Waals surface area contributed by atoms with E-state index in [-0.39, 0.29) is 24.5 Å². The maximum absolute atomic E-state index is 11.6. The average molecular weight is 247 g/mol. The average Bonchev–Trinajstić information content (AvgIpc) is 2.96. The van der Waals surface area contributed by atoms with Crippen LogP contribution in [0.2, 0.25) is 0 Å². The highest BCUT2D eigenvalue weighted by molar-refractivity contribution is 7.85. The Morgan fingerprint density at radius 1 is 1.50 bits per heavy atom. The van der Waals surface area contributed by atoms with Crippen molar-refractivity contribution in [3.63, 3.8) is 0 Å². The van der Waals surface area contributed by atoms with Crippen LogP contribution in [0.5, 0.6) is 0 Å². The van der Waals surface area contributed by atoms with Gasteiger partial charge in [-0.25, -0.2) is 0 Å². The third kappa shape index (κ3) is 5.25. The molecule has 1 aliphatic rings. The van der Waals surface area contributed by atoms with E-state index in [1.807, 2.05) is 0 Å². The molecule has 0 spiro atoms. The van der Waals surface area contributed by atoms with Crippen LogP contribution in [0.1, 0.15) is 32.6 Å². The quantitative estimate of drug-likeness (QED) is 0.676. The molecule has 0 aromatic rings. The summed E-state index contributed by atoms with van der Waals surface area (Å²) in [5.41, 5.74) is 0. The van der Waals surface area contributed by atoms with E-state index < -0.39 is 22.0 Å². The van der Waals surface area contributed by atoms with Crippen LogP contribution < -0.4 is 5.32 Å². The summed E-state index contributed by atoms with van der Waals surface area (Å²) in [4.78, 5) is 21.7. The molecule has 1 aliphatic carbocycles. The second kappa shape index (κ2) is 5.98. The third-order valence-electron chi connectivity index (χ3n) is 2.38. The lowest BCUT2D eigenvalue weighted by Gasteiger charge is -2.08. The largest absolute Gasteiger partial charge is 0.481 e. The van der Waals surface area contributed by atoms with Crippen LogP contribution >= 0.6 is 0 Å². The lowest BCUT2D eigenvalue weighted by molar-refractivity contribution is -0.136. The molecule has 0 aliphatic heterocycles. The lowest BCUT2D eigenvalue weighted by Crippen LogP contribution is -2.28. The zero-order valence-corrected chi connectivity index (χ0v) is 10.1. The Morgan fingerprint density at radius 2 is 2.12 bits per heavy atom. The highest BCUT2D eigenvalue weighted by Gasteiger charge is 2.23. The van der Waals surface area contributed by atoms with Gasteiger partial charge >= 0.3 is 5.97 Å². The summed E-state index contributed by atoms with van der Waals surface area (Å²) in [6.07, 6.45) is 2.17. The molecule has 1 fully saturated rings. The Labute approximate surface area is 97.1 Å². The first-order valence-electron chi connectivity index (χ1n) is 5.37. The van der Waals surface area contributed by atoms with Gasteiger partial charge in [0.15, 0.2) is 0 Å². The molecule has 2 atom stereocenters. The molecule has 0 aromatic heterocycles. The van der Waals surface area contributed by atoms with Gasteiger partial charge in [0.05, 0.1) is 6.42 Å². The van der Waals surface area contributed by atoms with Crippen molar-refractivity contribution in [2.45, 2.75) is 43.9 Å². The highest BCUT2D eigenvalue weighted by Crippen LogP contribution is 2.18. The monoisotopic (exact) mass is 247 g/mol. The van der Waals surface area contributed by atoms with Crippen molar-refractivity contribution in [2.75, 3.05) is 5.75 Å². The van der Waals surface area contributed by atoms with Crippen molar-refractivity contribution < 1.29 is 18.9 Å². The Bertz CT molecular complexity index is 301. The Morgan fingerprint density at radius 3 is 2.62 bits per heavy atom. The normalized spacial score (nSPS) is 18.8. The van der Waals surface area contributed by atoms with Crippen LogP contribution in [0.25, 0.3) is 0 Å². The van der Waals surface area contributed by atoms with Gasteiger partial charge in [0.1, 0.15) is 0 Å². The van der Waals surface area contributed by atoms with Gasteiger partial charge < -0.3 is 10.4 Å². The summed E-state index contributed by atoms with van der Waals surface area (Å²) < 4.78 is 11.6. The fourth-order valence-electron chi connectivity index (χ4n) is 1.26. The number of nitrogens with one attached hydrogen (secondary N) is 1. The van der Waals surface area contributed by atoms with Crippen molar-refractivity contribution >= 4 is 22.7 Å². The fraction of sp³-hybridized carbons (Fsp3) is 0.800. The molecular formula is C10H17NO4S. The SMILES string of the molecule is CC(CC(=O)O)S(=O)CCC(=O)NC1CC1. The zero-order chi connectivity index (χ0) is 12.1. The minimum absolute atomic E-state index is 0.0848. The first kappa shape index (κ1) is 13.2. The van der Waals surface area contributed by atoms with E-state index in [1.165, 1.54) is 0 Å². The first-order valence-corrected chi connectivity index (χ1v) is 6.75. The molecule has 6 heteroatoms. The van der Waals surface area contributed by atoms with Crippen molar-refractivity contribution in [1.82, 2.24) is 5.32 Å². The van der Waals surface area contributed by atoms with Crippen molar-refractivity contribution in [2.24, 2.45) is 0 Å². The van der Waals surface area contributed by atoms with Gasteiger partial charge in [-0.15, -0.1) is 0 Å². The van der Waals surface area contributed by atoms with E-state index in [9.17, 15) is 13.8 Å². The number of carbonyl (C=O) groups is 2. The molecule has 0 saturated heterocycles. The van der Waals surface area contributed by atoms with E-state index in [0.29, 0.717) is 6.04 Å². The molecule has 16 heavy (non-hydrogen) atoms. The van der Waals surface area contributed by atoms with Crippen LogP contribution in [-0.2, 0) is 20.4 Å². The predicted molar refractivity (Wildman–Crippen MR) is 60.5 cm³/mol. The number of hydrogen-bond acceptors (Lipinski definition) is 3. The number of carbonyl (C=O) groups excluding carboxylic acids is 1. The Kier molecular flexibility index (Phi) is 4.92. The van der Waals surface area contributed by atoms with Crippen LogP contribution in [0.15, 0.2) is 0 Å². The van der Waals surface area contributed by atoms with E-state index in [2.05, 4.69) is 5.32 Å². The topological polar surface area (TPSA) is 83.5 Å². The number of hydrogen-bond donors (Lipinski definition) is 2. The molecular weight excluding hydrogens is 230 g/mol. The summed E-state index contributed by atoms with van der Waals surface area (Å²) in [6.45, 7) is 1.63. The van der Waals surface area contributed by atoms with Gasteiger partial charge in [-0.3, -0.25) is 13.8 Å². The van der Waals surface area contributed by atoms with E-state index in [0.717, 1.165) is 12.8 Å². The van der Waals surface area contributed by atoms with E-state index in [4.69, 9.17) is 5.11 Å². The molecule has 2 unspecified atom stereocenters. The number of amides is 1. The summed E-state index contributed by atoms with van der Waals surface area (Å²) in [5, 5.41) is 10.9. The molecule has 0 bridgehead atoms. The third-order valence-corrected chi connectivity index (χ3v) is 4.05. The Hall–Kier alpha value is -0.910. The minimum atomic E-state index is -1.24. The molecule has 1 rings (SSSR count). The second-order valence-electron chi connectivity index (χ2n) is 4.09. The molecule has 5 nitrogen and oxygen atoms in total. The predicted octanol–water partition coefficient (Wildman–Crippen LogP) is 0.267. The van der Waals surface area contributed by atoms with Gasteiger partial charge in [0.25, 0.3) is 0 Å². The maximum Gasteiger partial charge on any atom is 0.304 e. The standard InChI is InChI=1S/C10H17NO4S/c1-7(6-10(13)14)16(15)5-4-9(12)11-8-2-3-8/h7-8H,2-6H2,1H3,(H,11,12)(H,13,14). The summed E-state index contributed by atoms with van der Waals surface area (Å²) in [7, 11) is -1.24. The number of rotatable bonds is 7. The van der Waals surface area contributed by atoms with Crippen LogP contribution in [0.4, 0.5) is 0 Å².